The second-order valence-electron chi connectivity index (χ2n) is 4.41. The second kappa shape index (κ2) is 5.37. The van der Waals surface area contributed by atoms with Gasteiger partial charge in [0.05, 0.1) is 12.9 Å². The Balaban J connectivity index is 2.21. The number of nitrogens with one attached hydrogen (secondary N) is 1. The van der Waals surface area contributed by atoms with Gasteiger partial charge in [0.15, 0.2) is 0 Å². The Morgan fingerprint density at radius 3 is 2.93 bits per heavy atom. The molecule has 1 unspecified atom stereocenters. The topological polar surface area (TPSA) is 30.5 Å². The maximum atomic E-state index is 5.47. The quantitative estimate of drug-likeness (QED) is 0.731. The fourth-order valence-corrected chi connectivity index (χ4v) is 1.54. The molecule has 0 saturated carbocycles. The predicted octanol–water partition coefficient (Wildman–Crippen LogP) is 1.69. The maximum absolute atomic E-state index is 5.47. The lowest BCUT2D eigenvalue weighted by Crippen LogP contribution is -2.47. The normalized spacial score (nSPS) is 22.1. The van der Waals surface area contributed by atoms with Gasteiger partial charge >= 0.3 is 0 Å². The molecular weight excluding hydrogens is 178 g/mol. The Morgan fingerprint density at radius 1 is 1.57 bits per heavy atom. The van der Waals surface area contributed by atoms with E-state index in [1.807, 2.05) is 0 Å². The van der Waals surface area contributed by atoms with E-state index < -0.39 is 0 Å². The largest absolute Gasteiger partial charge is 0.497 e. The van der Waals surface area contributed by atoms with Crippen molar-refractivity contribution in [1.82, 2.24) is 5.32 Å². The molecule has 0 spiro atoms. The van der Waals surface area contributed by atoms with Crippen LogP contribution in [0.15, 0.2) is 12.3 Å². The summed E-state index contributed by atoms with van der Waals surface area (Å²) in [6.07, 6.45) is 6.41. The van der Waals surface area contributed by atoms with Crippen LogP contribution < -0.4 is 5.32 Å². The Bertz CT molecular complexity index is 190. The van der Waals surface area contributed by atoms with Crippen molar-refractivity contribution in [3.05, 3.63) is 12.3 Å². The molecule has 1 rings (SSSR count). The summed E-state index contributed by atoms with van der Waals surface area (Å²) < 4.78 is 10.6. The second-order valence-corrected chi connectivity index (χ2v) is 4.41. The molecular formula is C11H21NO2. The van der Waals surface area contributed by atoms with E-state index in [2.05, 4.69) is 25.2 Å². The summed E-state index contributed by atoms with van der Waals surface area (Å²) in [5.41, 5.74) is 0.0271. The van der Waals surface area contributed by atoms with Crippen molar-refractivity contribution in [1.29, 1.82) is 0 Å². The Labute approximate surface area is 86.5 Å². The molecule has 1 N–H and O–H groups in total. The molecule has 0 aliphatic carbocycles. The lowest BCUT2D eigenvalue weighted by Gasteiger charge is -2.28. The van der Waals surface area contributed by atoms with Gasteiger partial charge in [-0.25, -0.2) is 0 Å². The van der Waals surface area contributed by atoms with Crippen LogP contribution in [0.5, 0.6) is 0 Å². The molecule has 0 amide bonds. The summed E-state index contributed by atoms with van der Waals surface area (Å²) in [5.74, 6) is 0. The number of allylic oxidation sites excluding steroid dienone is 1. The van der Waals surface area contributed by atoms with Crippen LogP contribution in [0.2, 0.25) is 0 Å². The average molecular weight is 199 g/mol. The molecule has 0 radical (unpaired) electrons. The first kappa shape index (κ1) is 11.5. The van der Waals surface area contributed by atoms with E-state index in [0.717, 1.165) is 26.0 Å². The highest BCUT2D eigenvalue weighted by atomic mass is 16.5. The van der Waals surface area contributed by atoms with Crippen molar-refractivity contribution >= 4 is 0 Å². The van der Waals surface area contributed by atoms with Crippen LogP contribution in [0.4, 0.5) is 0 Å². The van der Waals surface area contributed by atoms with E-state index in [9.17, 15) is 0 Å². The fourth-order valence-electron chi connectivity index (χ4n) is 1.54. The van der Waals surface area contributed by atoms with Crippen LogP contribution in [0, 0.1) is 0 Å². The minimum Gasteiger partial charge on any atom is -0.497 e. The Hall–Kier alpha value is -0.540. The highest BCUT2D eigenvalue weighted by Crippen LogP contribution is 2.11. The maximum Gasteiger partial charge on any atom is 0.110 e. The van der Waals surface area contributed by atoms with Crippen LogP contribution in [-0.4, -0.2) is 31.9 Å². The molecule has 3 nitrogen and oxygen atoms in total. The summed E-state index contributed by atoms with van der Waals surface area (Å²) in [5, 5.41) is 3.45. The molecule has 1 atom stereocenters. The molecule has 0 aromatic rings. The molecule has 1 aliphatic heterocycles. The fraction of sp³-hybridized carbons (Fsp3) is 0.818. The smallest absolute Gasteiger partial charge is 0.110 e. The van der Waals surface area contributed by atoms with Gasteiger partial charge in [0.1, 0.15) is 6.10 Å². The first-order chi connectivity index (χ1) is 6.64. The summed E-state index contributed by atoms with van der Waals surface area (Å²) in [4.78, 5) is 0. The summed E-state index contributed by atoms with van der Waals surface area (Å²) in [6.45, 7) is 5.88. The Morgan fingerprint density at radius 2 is 2.36 bits per heavy atom. The van der Waals surface area contributed by atoms with Crippen LogP contribution in [-0.2, 0) is 9.47 Å². The van der Waals surface area contributed by atoms with Gasteiger partial charge in [0.2, 0.25) is 0 Å². The number of hydrogen-bond donors (Lipinski definition) is 1. The van der Waals surface area contributed by atoms with Crippen LogP contribution >= 0.6 is 0 Å². The minimum atomic E-state index is 0.0271. The van der Waals surface area contributed by atoms with E-state index in [4.69, 9.17) is 9.47 Å². The lowest BCUT2D eigenvalue weighted by molar-refractivity contribution is 0.0896. The third-order valence-electron chi connectivity index (χ3n) is 2.34. The molecule has 82 valence electrons. The van der Waals surface area contributed by atoms with Gasteiger partial charge in [-0.2, -0.15) is 0 Å². The SMILES string of the molecule is COCC(C)(C)NCC1CCC=CO1. The van der Waals surface area contributed by atoms with Crippen molar-refractivity contribution in [2.45, 2.75) is 38.3 Å². The van der Waals surface area contributed by atoms with Crippen molar-refractivity contribution in [3.63, 3.8) is 0 Å². The van der Waals surface area contributed by atoms with Crippen LogP contribution in [0.3, 0.4) is 0 Å². The molecule has 0 bridgehead atoms. The average Bonchev–Trinajstić information content (AvgIpc) is 2.17. The van der Waals surface area contributed by atoms with Crippen LogP contribution in [0.1, 0.15) is 26.7 Å². The molecule has 14 heavy (non-hydrogen) atoms. The molecule has 1 aliphatic rings. The zero-order chi connectivity index (χ0) is 10.4. The highest BCUT2D eigenvalue weighted by Gasteiger charge is 2.19. The molecule has 0 aromatic heterocycles. The van der Waals surface area contributed by atoms with Gasteiger partial charge in [-0.3, -0.25) is 0 Å². The number of methoxy groups -OCH3 is 1. The third kappa shape index (κ3) is 4.11. The monoisotopic (exact) mass is 199 g/mol. The van der Waals surface area contributed by atoms with Gasteiger partial charge in [0.25, 0.3) is 0 Å². The molecule has 0 saturated heterocycles. The first-order valence-corrected chi connectivity index (χ1v) is 5.18. The van der Waals surface area contributed by atoms with E-state index in [-0.39, 0.29) is 5.54 Å². The predicted molar refractivity (Wildman–Crippen MR) is 57.2 cm³/mol. The van der Waals surface area contributed by atoms with Gasteiger partial charge in [0, 0.05) is 19.2 Å². The number of ether oxygens (including phenoxy) is 2. The third-order valence-corrected chi connectivity index (χ3v) is 2.34. The highest BCUT2D eigenvalue weighted by molar-refractivity contribution is 4.85. The van der Waals surface area contributed by atoms with Gasteiger partial charge in [-0.15, -0.1) is 0 Å². The molecule has 0 aromatic carbocycles. The summed E-state index contributed by atoms with van der Waals surface area (Å²) in [7, 11) is 1.73. The van der Waals surface area contributed by atoms with Gasteiger partial charge in [-0.1, -0.05) is 0 Å². The summed E-state index contributed by atoms with van der Waals surface area (Å²) in [6, 6.07) is 0. The van der Waals surface area contributed by atoms with Crippen molar-refractivity contribution in [3.8, 4) is 0 Å². The number of hydrogen-bond acceptors (Lipinski definition) is 3. The Kier molecular flexibility index (Phi) is 4.42. The van der Waals surface area contributed by atoms with E-state index in [0.29, 0.717) is 6.10 Å². The minimum absolute atomic E-state index is 0.0271. The van der Waals surface area contributed by atoms with Gasteiger partial charge < -0.3 is 14.8 Å². The molecule has 0 fully saturated rings. The first-order valence-electron chi connectivity index (χ1n) is 5.18. The van der Waals surface area contributed by atoms with Crippen molar-refractivity contribution < 1.29 is 9.47 Å². The zero-order valence-corrected chi connectivity index (χ0v) is 9.38. The van der Waals surface area contributed by atoms with Crippen LogP contribution in [0.25, 0.3) is 0 Å². The van der Waals surface area contributed by atoms with Crippen molar-refractivity contribution in [2.24, 2.45) is 0 Å². The van der Waals surface area contributed by atoms with Crippen molar-refractivity contribution in [2.75, 3.05) is 20.3 Å². The van der Waals surface area contributed by atoms with Gasteiger partial charge in [-0.05, 0) is 32.8 Å². The zero-order valence-electron chi connectivity index (χ0n) is 9.38. The standard InChI is InChI=1S/C11H21NO2/c1-11(2,9-13-3)12-8-10-6-4-5-7-14-10/h5,7,10,12H,4,6,8-9H2,1-3H3. The van der Waals surface area contributed by atoms with E-state index >= 15 is 0 Å². The summed E-state index contributed by atoms with van der Waals surface area (Å²) >= 11 is 0. The van der Waals surface area contributed by atoms with E-state index in [1.54, 1.807) is 13.4 Å². The molecule has 1 heterocycles. The number of rotatable bonds is 5. The molecule has 3 heteroatoms. The van der Waals surface area contributed by atoms with E-state index in [1.165, 1.54) is 0 Å². The lowest BCUT2D eigenvalue weighted by atomic mass is 10.1.